The third-order valence-electron chi connectivity index (χ3n) is 4.26. The van der Waals surface area contributed by atoms with Crippen LogP contribution in [0.3, 0.4) is 0 Å². The van der Waals surface area contributed by atoms with Crippen LogP contribution < -0.4 is 5.32 Å². The van der Waals surface area contributed by atoms with Crippen LogP contribution in [0.15, 0.2) is 18.2 Å². The molecule has 0 aliphatic heterocycles. The Morgan fingerprint density at radius 3 is 2.44 bits per heavy atom. The van der Waals surface area contributed by atoms with E-state index >= 15 is 0 Å². The van der Waals surface area contributed by atoms with E-state index in [-0.39, 0.29) is 0 Å². The Balaban J connectivity index is 1.95. The smallest absolute Gasteiger partial charge is 0.00683 e. The van der Waals surface area contributed by atoms with E-state index in [1.54, 1.807) is 0 Å². The summed E-state index contributed by atoms with van der Waals surface area (Å²) in [6.45, 7) is 10.3. The van der Waals surface area contributed by atoms with Gasteiger partial charge in [0.25, 0.3) is 0 Å². The van der Waals surface area contributed by atoms with Crippen molar-refractivity contribution >= 4 is 0 Å². The molecule has 1 N–H and O–H groups in total. The summed E-state index contributed by atoms with van der Waals surface area (Å²) >= 11 is 0. The second kappa shape index (κ2) is 5.88. The van der Waals surface area contributed by atoms with Crippen LogP contribution in [-0.2, 0) is 6.42 Å². The van der Waals surface area contributed by atoms with Gasteiger partial charge in [-0.1, -0.05) is 32.0 Å². The second-order valence-electron chi connectivity index (χ2n) is 6.31. The van der Waals surface area contributed by atoms with Gasteiger partial charge in [-0.3, -0.25) is 0 Å². The van der Waals surface area contributed by atoms with Gasteiger partial charge in [-0.15, -0.1) is 0 Å². The molecule has 1 aliphatic rings. The maximum atomic E-state index is 3.68. The highest BCUT2D eigenvalue weighted by atomic mass is 14.9. The summed E-state index contributed by atoms with van der Waals surface area (Å²) in [5.74, 6) is 1.51. The summed E-state index contributed by atoms with van der Waals surface area (Å²) < 4.78 is 0. The van der Waals surface area contributed by atoms with Crippen molar-refractivity contribution in [3.8, 4) is 0 Å². The average Bonchev–Trinajstić information content (AvgIpc) is 3.12. The molecule has 1 fully saturated rings. The first-order chi connectivity index (χ1) is 8.56. The lowest BCUT2D eigenvalue weighted by Gasteiger charge is -2.22. The Morgan fingerprint density at radius 2 is 1.89 bits per heavy atom. The van der Waals surface area contributed by atoms with Gasteiger partial charge in [-0.25, -0.2) is 0 Å². The van der Waals surface area contributed by atoms with Crippen molar-refractivity contribution in [2.45, 2.75) is 53.0 Å². The van der Waals surface area contributed by atoms with Crippen LogP contribution in [-0.4, -0.2) is 12.6 Å². The zero-order valence-electron chi connectivity index (χ0n) is 12.3. The molecule has 0 radical (unpaired) electrons. The van der Waals surface area contributed by atoms with E-state index < -0.39 is 0 Å². The van der Waals surface area contributed by atoms with Crippen molar-refractivity contribution in [2.24, 2.45) is 11.8 Å². The molecular weight excluding hydrogens is 218 g/mol. The lowest BCUT2D eigenvalue weighted by Crippen LogP contribution is -2.29. The highest BCUT2D eigenvalue weighted by molar-refractivity contribution is 5.30. The zero-order valence-corrected chi connectivity index (χ0v) is 12.3. The van der Waals surface area contributed by atoms with Gasteiger partial charge in [-0.05, 0) is 68.2 Å². The molecule has 1 aromatic carbocycles. The summed E-state index contributed by atoms with van der Waals surface area (Å²) in [7, 11) is 0. The number of hydrogen-bond acceptors (Lipinski definition) is 1. The van der Waals surface area contributed by atoms with Crippen LogP contribution in [0.2, 0.25) is 0 Å². The highest BCUT2D eigenvalue weighted by Gasteiger charge is 2.23. The average molecular weight is 245 g/mol. The predicted molar refractivity (Wildman–Crippen MR) is 79.0 cm³/mol. The van der Waals surface area contributed by atoms with Crippen LogP contribution >= 0.6 is 0 Å². The number of benzene rings is 1. The molecule has 0 bridgehead atoms. The minimum absolute atomic E-state index is 0.748. The van der Waals surface area contributed by atoms with Gasteiger partial charge in [0.15, 0.2) is 0 Å². The Bertz CT molecular complexity index is 391. The van der Waals surface area contributed by atoms with Gasteiger partial charge in [0.05, 0.1) is 0 Å². The maximum absolute atomic E-state index is 3.68. The molecule has 2 rings (SSSR count). The van der Waals surface area contributed by atoms with E-state index in [2.05, 4.69) is 51.2 Å². The third kappa shape index (κ3) is 3.84. The third-order valence-corrected chi connectivity index (χ3v) is 4.26. The SMILES string of the molecule is Cc1ccc(CC(CNC2CC2)C(C)C)cc1C. The normalized spacial score (nSPS) is 17.2. The second-order valence-corrected chi connectivity index (χ2v) is 6.31. The molecular formula is C17H27N. The molecule has 0 saturated heterocycles. The largest absolute Gasteiger partial charge is 0.314 e. The lowest BCUT2D eigenvalue weighted by molar-refractivity contribution is 0.359. The van der Waals surface area contributed by atoms with Crippen LogP contribution in [0.1, 0.15) is 43.4 Å². The number of rotatable bonds is 6. The Labute approximate surface area is 112 Å². The molecule has 1 aliphatic carbocycles. The fourth-order valence-electron chi connectivity index (χ4n) is 2.38. The van der Waals surface area contributed by atoms with E-state index in [1.165, 1.54) is 42.5 Å². The molecule has 1 unspecified atom stereocenters. The molecule has 1 atom stereocenters. The highest BCUT2D eigenvalue weighted by Crippen LogP contribution is 2.22. The molecule has 100 valence electrons. The fraction of sp³-hybridized carbons (Fsp3) is 0.647. The molecule has 0 heterocycles. The maximum Gasteiger partial charge on any atom is 0.00683 e. The quantitative estimate of drug-likeness (QED) is 0.802. The summed E-state index contributed by atoms with van der Waals surface area (Å²) in [6.07, 6.45) is 3.97. The minimum Gasteiger partial charge on any atom is -0.314 e. The first-order valence-electron chi connectivity index (χ1n) is 7.35. The Hall–Kier alpha value is -0.820. The molecule has 1 nitrogen and oxygen atoms in total. The number of aryl methyl sites for hydroxylation is 2. The first-order valence-corrected chi connectivity index (χ1v) is 7.35. The lowest BCUT2D eigenvalue weighted by atomic mass is 9.88. The van der Waals surface area contributed by atoms with Gasteiger partial charge in [-0.2, -0.15) is 0 Å². The molecule has 0 spiro atoms. The van der Waals surface area contributed by atoms with E-state index in [0.717, 1.165) is 17.9 Å². The fourth-order valence-corrected chi connectivity index (χ4v) is 2.38. The van der Waals surface area contributed by atoms with E-state index in [9.17, 15) is 0 Å². The Morgan fingerprint density at radius 1 is 1.17 bits per heavy atom. The van der Waals surface area contributed by atoms with Gasteiger partial charge >= 0.3 is 0 Å². The summed E-state index contributed by atoms with van der Waals surface area (Å²) in [4.78, 5) is 0. The van der Waals surface area contributed by atoms with Crippen molar-refractivity contribution < 1.29 is 0 Å². The van der Waals surface area contributed by atoms with Gasteiger partial charge in [0.1, 0.15) is 0 Å². The molecule has 1 saturated carbocycles. The Kier molecular flexibility index (Phi) is 4.45. The minimum atomic E-state index is 0.748. The van der Waals surface area contributed by atoms with Crippen molar-refractivity contribution in [3.05, 3.63) is 34.9 Å². The van der Waals surface area contributed by atoms with Gasteiger partial charge in [0, 0.05) is 6.04 Å². The van der Waals surface area contributed by atoms with Crippen LogP contribution in [0.5, 0.6) is 0 Å². The zero-order chi connectivity index (χ0) is 13.1. The molecule has 0 aromatic heterocycles. The van der Waals surface area contributed by atoms with Crippen molar-refractivity contribution in [1.29, 1.82) is 0 Å². The summed E-state index contributed by atoms with van der Waals surface area (Å²) in [6, 6.07) is 7.75. The topological polar surface area (TPSA) is 12.0 Å². The summed E-state index contributed by atoms with van der Waals surface area (Å²) in [5.41, 5.74) is 4.32. The van der Waals surface area contributed by atoms with Crippen LogP contribution in [0, 0.1) is 25.7 Å². The van der Waals surface area contributed by atoms with Crippen LogP contribution in [0.4, 0.5) is 0 Å². The number of hydrogen-bond donors (Lipinski definition) is 1. The molecule has 18 heavy (non-hydrogen) atoms. The summed E-state index contributed by atoms with van der Waals surface area (Å²) in [5, 5.41) is 3.68. The molecule has 0 amide bonds. The standard InChI is InChI=1S/C17H27N/c1-12(2)16(11-18-17-7-8-17)10-15-6-5-13(3)14(4)9-15/h5-6,9,12,16-18H,7-8,10-11H2,1-4H3. The van der Waals surface area contributed by atoms with E-state index in [0.29, 0.717) is 0 Å². The van der Waals surface area contributed by atoms with Crippen molar-refractivity contribution in [1.82, 2.24) is 5.32 Å². The molecule has 1 aromatic rings. The monoisotopic (exact) mass is 245 g/mol. The predicted octanol–water partition coefficient (Wildman–Crippen LogP) is 3.87. The van der Waals surface area contributed by atoms with E-state index in [4.69, 9.17) is 0 Å². The number of nitrogens with one attached hydrogen (secondary N) is 1. The first kappa shape index (κ1) is 13.6. The van der Waals surface area contributed by atoms with Crippen LogP contribution in [0.25, 0.3) is 0 Å². The van der Waals surface area contributed by atoms with Gasteiger partial charge < -0.3 is 5.32 Å². The van der Waals surface area contributed by atoms with Gasteiger partial charge in [0.2, 0.25) is 0 Å². The van der Waals surface area contributed by atoms with Crippen molar-refractivity contribution in [3.63, 3.8) is 0 Å². The van der Waals surface area contributed by atoms with E-state index in [1.807, 2.05) is 0 Å². The molecule has 1 heteroatoms. The van der Waals surface area contributed by atoms with Crippen molar-refractivity contribution in [2.75, 3.05) is 6.54 Å².